The second-order valence-electron chi connectivity index (χ2n) is 5.81. The number of nitriles is 1. The van der Waals surface area contributed by atoms with Crippen LogP contribution in [0.5, 0.6) is 5.75 Å². The summed E-state index contributed by atoms with van der Waals surface area (Å²) in [5, 5.41) is 8.59. The Morgan fingerprint density at radius 3 is 2.41 bits per heavy atom. The summed E-state index contributed by atoms with van der Waals surface area (Å²) in [4.78, 5) is 0. The molecular weight excluding hydrogens is 300 g/mol. The number of sulfonamides is 1. The van der Waals surface area contributed by atoms with Crippen LogP contribution in [0.3, 0.4) is 0 Å². The molecule has 1 aromatic rings. The van der Waals surface area contributed by atoms with Crippen molar-refractivity contribution in [3.05, 3.63) is 29.8 Å². The molecule has 0 aromatic heterocycles. The van der Waals surface area contributed by atoms with Crippen molar-refractivity contribution in [1.82, 2.24) is 4.72 Å². The van der Waals surface area contributed by atoms with Gasteiger partial charge in [0.15, 0.2) is 5.75 Å². The number of hydrogen-bond donors (Lipinski definition) is 1. The van der Waals surface area contributed by atoms with Crippen molar-refractivity contribution in [2.24, 2.45) is 0 Å². The monoisotopic (exact) mass is 322 g/mol. The van der Waals surface area contributed by atoms with Gasteiger partial charge in [-0.1, -0.05) is 31.4 Å². The SMILES string of the molecule is COc1ccc(C2(CNS(=O)(=O)CC#N)CCCCC2)cc1. The Morgan fingerprint density at radius 2 is 1.86 bits per heavy atom. The van der Waals surface area contributed by atoms with E-state index in [0.717, 1.165) is 37.0 Å². The first kappa shape index (κ1) is 16.8. The molecule has 0 spiro atoms. The molecule has 1 saturated carbocycles. The third kappa shape index (κ3) is 3.99. The predicted octanol–water partition coefficient (Wildman–Crippen LogP) is 2.34. The molecule has 1 fully saturated rings. The molecule has 2 rings (SSSR count). The first-order chi connectivity index (χ1) is 10.5. The van der Waals surface area contributed by atoms with Crippen molar-refractivity contribution >= 4 is 10.0 Å². The molecule has 0 aliphatic heterocycles. The third-order valence-corrected chi connectivity index (χ3v) is 5.49. The molecule has 1 aromatic carbocycles. The van der Waals surface area contributed by atoms with Gasteiger partial charge in [0.05, 0.1) is 13.2 Å². The van der Waals surface area contributed by atoms with E-state index in [1.165, 1.54) is 6.42 Å². The van der Waals surface area contributed by atoms with Gasteiger partial charge >= 0.3 is 0 Å². The van der Waals surface area contributed by atoms with Crippen molar-refractivity contribution in [3.8, 4) is 11.8 Å². The highest BCUT2D eigenvalue weighted by atomic mass is 32.2. The summed E-state index contributed by atoms with van der Waals surface area (Å²) >= 11 is 0. The Hall–Kier alpha value is -1.58. The van der Waals surface area contributed by atoms with Crippen LogP contribution in [0.15, 0.2) is 24.3 Å². The molecule has 0 unspecified atom stereocenters. The van der Waals surface area contributed by atoms with E-state index >= 15 is 0 Å². The molecule has 6 heteroatoms. The number of ether oxygens (including phenoxy) is 1. The van der Waals surface area contributed by atoms with E-state index in [1.54, 1.807) is 13.2 Å². The predicted molar refractivity (Wildman–Crippen MR) is 85.2 cm³/mol. The quantitative estimate of drug-likeness (QED) is 0.872. The Bertz CT molecular complexity index is 626. The molecule has 0 radical (unpaired) electrons. The van der Waals surface area contributed by atoms with Crippen molar-refractivity contribution in [2.75, 3.05) is 19.4 Å². The summed E-state index contributed by atoms with van der Waals surface area (Å²) in [6.45, 7) is 0.351. The number of methoxy groups -OCH3 is 1. The highest BCUT2D eigenvalue weighted by Crippen LogP contribution is 2.39. The minimum absolute atomic E-state index is 0.187. The first-order valence-electron chi connectivity index (χ1n) is 7.50. The summed E-state index contributed by atoms with van der Waals surface area (Å²) in [6, 6.07) is 9.55. The average molecular weight is 322 g/mol. The Kier molecular flexibility index (Phi) is 5.43. The number of benzene rings is 1. The highest BCUT2D eigenvalue weighted by Gasteiger charge is 2.34. The van der Waals surface area contributed by atoms with E-state index in [9.17, 15) is 8.42 Å². The van der Waals surface area contributed by atoms with Gasteiger partial charge in [-0.3, -0.25) is 0 Å². The molecular formula is C16H22N2O3S. The smallest absolute Gasteiger partial charge is 0.225 e. The summed E-state index contributed by atoms with van der Waals surface area (Å²) in [5.74, 6) is 0.297. The van der Waals surface area contributed by atoms with Crippen LogP contribution in [-0.4, -0.2) is 27.8 Å². The van der Waals surface area contributed by atoms with Crippen LogP contribution in [0.1, 0.15) is 37.7 Å². The van der Waals surface area contributed by atoms with E-state index in [4.69, 9.17) is 10.00 Å². The summed E-state index contributed by atoms with van der Waals surface area (Å²) < 4.78 is 31.4. The number of nitrogens with zero attached hydrogens (tertiary/aromatic N) is 1. The maximum absolute atomic E-state index is 11.8. The summed E-state index contributed by atoms with van der Waals surface area (Å²) in [5.41, 5.74) is 0.945. The van der Waals surface area contributed by atoms with Gasteiger partial charge in [-0.2, -0.15) is 5.26 Å². The molecule has 0 saturated heterocycles. The van der Waals surface area contributed by atoms with Gasteiger partial charge in [-0.15, -0.1) is 0 Å². The lowest BCUT2D eigenvalue weighted by Gasteiger charge is -2.38. The van der Waals surface area contributed by atoms with Crippen LogP contribution in [0, 0.1) is 11.3 Å². The zero-order chi connectivity index (χ0) is 16.1. The molecule has 0 amide bonds. The zero-order valence-corrected chi connectivity index (χ0v) is 13.7. The topological polar surface area (TPSA) is 79.2 Å². The van der Waals surface area contributed by atoms with Crippen LogP contribution >= 0.6 is 0 Å². The number of hydrogen-bond acceptors (Lipinski definition) is 4. The Morgan fingerprint density at radius 1 is 1.23 bits per heavy atom. The van der Waals surface area contributed by atoms with Gasteiger partial charge in [0.2, 0.25) is 10.0 Å². The van der Waals surface area contributed by atoms with Crippen LogP contribution in [0.2, 0.25) is 0 Å². The van der Waals surface area contributed by atoms with E-state index in [-0.39, 0.29) is 5.41 Å². The lowest BCUT2D eigenvalue weighted by Crippen LogP contribution is -2.42. The van der Waals surface area contributed by atoms with Crippen LogP contribution in [0.25, 0.3) is 0 Å². The van der Waals surface area contributed by atoms with Crippen molar-refractivity contribution in [2.45, 2.75) is 37.5 Å². The van der Waals surface area contributed by atoms with E-state index in [0.29, 0.717) is 6.54 Å². The summed E-state index contributed by atoms with van der Waals surface area (Å²) in [6.07, 6.45) is 5.27. The van der Waals surface area contributed by atoms with Crippen LogP contribution in [-0.2, 0) is 15.4 Å². The molecule has 0 heterocycles. The molecule has 1 N–H and O–H groups in total. The fraction of sp³-hybridized carbons (Fsp3) is 0.562. The molecule has 1 aliphatic rings. The Balaban J connectivity index is 2.22. The van der Waals surface area contributed by atoms with Crippen molar-refractivity contribution in [3.63, 3.8) is 0 Å². The van der Waals surface area contributed by atoms with Crippen LogP contribution < -0.4 is 9.46 Å². The van der Waals surface area contributed by atoms with E-state index in [1.807, 2.05) is 24.3 Å². The molecule has 0 bridgehead atoms. The van der Waals surface area contributed by atoms with Crippen molar-refractivity contribution < 1.29 is 13.2 Å². The van der Waals surface area contributed by atoms with E-state index < -0.39 is 15.8 Å². The maximum atomic E-state index is 11.8. The fourth-order valence-electron chi connectivity index (χ4n) is 3.12. The molecule has 1 aliphatic carbocycles. The third-order valence-electron chi connectivity index (χ3n) is 4.40. The van der Waals surface area contributed by atoms with E-state index in [2.05, 4.69) is 4.72 Å². The van der Waals surface area contributed by atoms with Gasteiger partial charge in [-0.05, 0) is 30.5 Å². The van der Waals surface area contributed by atoms with Crippen LogP contribution in [0.4, 0.5) is 0 Å². The summed E-state index contributed by atoms with van der Waals surface area (Å²) in [7, 11) is -1.90. The van der Waals surface area contributed by atoms with Gasteiger partial charge in [0.1, 0.15) is 5.75 Å². The maximum Gasteiger partial charge on any atom is 0.225 e. The standard InChI is InChI=1S/C16H22N2O3S/c1-21-15-7-5-14(6-8-15)16(9-3-2-4-10-16)13-18-22(19,20)12-11-17/h5-8,18H,2-4,9-10,12-13H2,1H3. The molecule has 5 nitrogen and oxygen atoms in total. The zero-order valence-electron chi connectivity index (χ0n) is 12.8. The van der Waals surface area contributed by atoms with Gasteiger partial charge < -0.3 is 4.74 Å². The fourth-order valence-corrected chi connectivity index (χ4v) is 3.89. The Labute approximate surface area is 132 Å². The second kappa shape index (κ2) is 7.12. The highest BCUT2D eigenvalue weighted by molar-refractivity contribution is 7.89. The minimum Gasteiger partial charge on any atom is -0.497 e. The van der Waals surface area contributed by atoms with Gasteiger partial charge in [0.25, 0.3) is 0 Å². The van der Waals surface area contributed by atoms with Gasteiger partial charge in [-0.25, -0.2) is 13.1 Å². The van der Waals surface area contributed by atoms with Crippen molar-refractivity contribution in [1.29, 1.82) is 5.26 Å². The normalized spacial score (nSPS) is 17.6. The largest absolute Gasteiger partial charge is 0.497 e. The average Bonchev–Trinajstić information content (AvgIpc) is 2.54. The molecule has 120 valence electrons. The second-order valence-corrected chi connectivity index (χ2v) is 7.61. The molecule has 0 atom stereocenters. The number of rotatable bonds is 6. The minimum atomic E-state index is -3.53. The van der Waals surface area contributed by atoms with Gasteiger partial charge in [0, 0.05) is 12.0 Å². The first-order valence-corrected chi connectivity index (χ1v) is 9.15. The molecule has 22 heavy (non-hydrogen) atoms. The lowest BCUT2D eigenvalue weighted by atomic mass is 9.69. The number of nitrogens with one attached hydrogen (secondary N) is 1. The lowest BCUT2D eigenvalue weighted by molar-refractivity contribution is 0.292.